The molecule has 6 nitrogen and oxygen atoms in total. The number of hydrogen-bond acceptors (Lipinski definition) is 4. The highest BCUT2D eigenvalue weighted by Gasteiger charge is 2.25. The van der Waals surface area contributed by atoms with E-state index in [-0.39, 0.29) is 11.9 Å². The predicted molar refractivity (Wildman–Crippen MR) is 86.5 cm³/mol. The number of piperidine rings is 1. The second kappa shape index (κ2) is 8.41. The topological polar surface area (TPSA) is 67.9 Å². The normalized spacial score (nSPS) is 17.5. The van der Waals surface area contributed by atoms with Crippen molar-refractivity contribution in [3.63, 3.8) is 0 Å². The molecule has 1 saturated heterocycles. The lowest BCUT2D eigenvalue weighted by atomic mass is 10.0. The quantitative estimate of drug-likeness (QED) is 0.901. The zero-order valence-electron chi connectivity index (χ0n) is 13.7. The van der Waals surface area contributed by atoms with Crippen molar-refractivity contribution in [1.82, 2.24) is 10.2 Å². The molecular weight excluding hydrogens is 296 g/mol. The Morgan fingerprint density at radius 3 is 2.96 bits per heavy atom. The number of nitrogens with one attached hydrogen (secondary N) is 1. The molecule has 0 bridgehead atoms. The summed E-state index contributed by atoms with van der Waals surface area (Å²) in [5.41, 5.74) is 0.926. The van der Waals surface area contributed by atoms with Crippen molar-refractivity contribution < 1.29 is 19.1 Å². The number of hydrogen-bond donors (Lipinski definition) is 1. The van der Waals surface area contributed by atoms with Crippen LogP contribution < -0.4 is 10.1 Å². The molecule has 1 aromatic rings. The fourth-order valence-corrected chi connectivity index (χ4v) is 2.73. The van der Waals surface area contributed by atoms with Gasteiger partial charge in [-0.3, -0.25) is 4.79 Å². The van der Waals surface area contributed by atoms with Gasteiger partial charge in [0.05, 0.1) is 20.1 Å². The maximum absolute atomic E-state index is 12.5. The van der Waals surface area contributed by atoms with E-state index < -0.39 is 6.09 Å². The molecule has 0 unspecified atom stereocenters. The number of rotatable bonds is 5. The summed E-state index contributed by atoms with van der Waals surface area (Å²) in [6.45, 7) is 3.37. The minimum absolute atomic E-state index is 0.0444. The summed E-state index contributed by atoms with van der Waals surface area (Å²) in [5.74, 6) is 0.810. The Morgan fingerprint density at radius 2 is 2.22 bits per heavy atom. The average molecular weight is 320 g/mol. The van der Waals surface area contributed by atoms with Crippen LogP contribution in [0.3, 0.4) is 0 Å². The number of nitrogens with zero attached hydrogens (tertiary/aromatic N) is 1. The van der Waals surface area contributed by atoms with Crippen LogP contribution in [0, 0.1) is 0 Å². The van der Waals surface area contributed by atoms with Crippen molar-refractivity contribution in [2.24, 2.45) is 0 Å². The summed E-state index contributed by atoms with van der Waals surface area (Å²) >= 11 is 0. The Kier molecular flexibility index (Phi) is 6.26. The first-order valence-electron chi connectivity index (χ1n) is 7.96. The molecule has 1 aromatic carbocycles. The molecule has 1 aliphatic heterocycles. The van der Waals surface area contributed by atoms with Gasteiger partial charge in [-0.15, -0.1) is 0 Å². The Morgan fingerprint density at radius 1 is 1.39 bits per heavy atom. The third kappa shape index (κ3) is 5.16. The molecule has 0 aliphatic carbocycles. The second-order valence-corrected chi connectivity index (χ2v) is 5.57. The van der Waals surface area contributed by atoms with Crippen molar-refractivity contribution in [2.45, 2.75) is 32.2 Å². The van der Waals surface area contributed by atoms with Crippen molar-refractivity contribution in [2.75, 3.05) is 26.8 Å². The van der Waals surface area contributed by atoms with Gasteiger partial charge in [-0.1, -0.05) is 12.1 Å². The summed E-state index contributed by atoms with van der Waals surface area (Å²) in [5, 5.41) is 2.81. The molecule has 0 aromatic heterocycles. The van der Waals surface area contributed by atoms with Gasteiger partial charge in [0.2, 0.25) is 5.91 Å². The first-order chi connectivity index (χ1) is 11.1. The van der Waals surface area contributed by atoms with Crippen molar-refractivity contribution in [3.05, 3.63) is 29.8 Å². The average Bonchev–Trinajstić information content (AvgIpc) is 2.55. The van der Waals surface area contributed by atoms with Crippen LogP contribution in [0.15, 0.2) is 24.3 Å². The van der Waals surface area contributed by atoms with Gasteiger partial charge >= 0.3 is 6.09 Å². The lowest BCUT2D eigenvalue weighted by Crippen LogP contribution is -2.50. The molecule has 23 heavy (non-hydrogen) atoms. The first kappa shape index (κ1) is 17.1. The standard InChI is InChI=1S/C17H24N2O4/c1-3-23-17(21)18-14-7-5-9-19(12-14)16(20)11-13-6-4-8-15(10-13)22-2/h4,6,8,10,14H,3,5,7,9,11-12H2,1-2H3,(H,18,21)/t14-/m1/s1. The van der Waals surface area contributed by atoms with E-state index >= 15 is 0 Å². The minimum atomic E-state index is -0.417. The van der Waals surface area contributed by atoms with Crippen molar-refractivity contribution >= 4 is 12.0 Å². The number of alkyl carbamates (subject to hydrolysis) is 1. The molecule has 0 spiro atoms. The van der Waals surface area contributed by atoms with Gasteiger partial charge in [0.1, 0.15) is 5.75 Å². The number of benzene rings is 1. The van der Waals surface area contributed by atoms with E-state index in [2.05, 4.69) is 5.32 Å². The molecule has 126 valence electrons. The van der Waals surface area contributed by atoms with Gasteiger partial charge in [-0.25, -0.2) is 4.79 Å². The highest BCUT2D eigenvalue weighted by Crippen LogP contribution is 2.16. The van der Waals surface area contributed by atoms with Gasteiger partial charge in [-0.05, 0) is 37.5 Å². The maximum atomic E-state index is 12.5. The summed E-state index contributed by atoms with van der Waals surface area (Å²) in [6, 6.07) is 7.48. The molecule has 1 aliphatic rings. The van der Waals surface area contributed by atoms with E-state index in [4.69, 9.17) is 9.47 Å². The number of amides is 2. The van der Waals surface area contributed by atoms with E-state index in [1.165, 1.54) is 0 Å². The molecule has 6 heteroatoms. The zero-order valence-corrected chi connectivity index (χ0v) is 13.7. The Hall–Kier alpha value is -2.24. The van der Waals surface area contributed by atoms with Crippen LogP contribution in [0.5, 0.6) is 5.75 Å². The molecule has 2 rings (SSSR count). The van der Waals surface area contributed by atoms with E-state index in [1.807, 2.05) is 24.3 Å². The fraction of sp³-hybridized carbons (Fsp3) is 0.529. The lowest BCUT2D eigenvalue weighted by Gasteiger charge is -2.33. The van der Waals surface area contributed by atoms with Crippen LogP contribution in [0.25, 0.3) is 0 Å². The molecule has 0 saturated carbocycles. The van der Waals surface area contributed by atoms with Crippen LogP contribution >= 0.6 is 0 Å². The van der Waals surface area contributed by atoms with Crippen LogP contribution in [0.2, 0.25) is 0 Å². The van der Waals surface area contributed by atoms with Gasteiger partial charge < -0.3 is 19.7 Å². The van der Waals surface area contributed by atoms with Gasteiger partial charge in [-0.2, -0.15) is 0 Å². The SMILES string of the molecule is CCOC(=O)N[C@@H]1CCCN(C(=O)Cc2cccc(OC)c2)C1. The zero-order chi connectivity index (χ0) is 16.7. The smallest absolute Gasteiger partial charge is 0.407 e. The summed E-state index contributed by atoms with van der Waals surface area (Å²) in [7, 11) is 1.61. The fourth-order valence-electron chi connectivity index (χ4n) is 2.73. The molecular formula is C17H24N2O4. The largest absolute Gasteiger partial charge is 0.497 e. The number of carbonyl (C=O) groups excluding carboxylic acids is 2. The molecule has 0 radical (unpaired) electrons. The monoisotopic (exact) mass is 320 g/mol. The number of carbonyl (C=O) groups is 2. The van der Waals surface area contributed by atoms with Gasteiger partial charge in [0, 0.05) is 19.1 Å². The summed E-state index contributed by atoms with van der Waals surface area (Å²) < 4.78 is 10.1. The Bertz CT molecular complexity index is 547. The third-order valence-corrected chi connectivity index (χ3v) is 3.86. The van der Waals surface area contributed by atoms with Crippen LogP contribution in [0.4, 0.5) is 4.79 Å². The van der Waals surface area contributed by atoms with Crippen LogP contribution in [-0.4, -0.2) is 49.7 Å². The Balaban J connectivity index is 1.89. The molecule has 1 fully saturated rings. The number of methoxy groups -OCH3 is 1. The van der Waals surface area contributed by atoms with Crippen LogP contribution in [-0.2, 0) is 16.0 Å². The first-order valence-corrected chi connectivity index (χ1v) is 7.96. The van der Waals surface area contributed by atoms with E-state index in [9.17, 15) is 9.59 Å². The molecule has 2 amide bonds. The molecule has 1 atom stereocenters. The van der Waals surface area contributed by atoms with E-state index in [1.54, 1.807) is 18.9 Å². The van der Waals surface area contributed by atoms with E-state index in [0.717, 1.165) is 30.7 Å². The lowest BCUT2D eigenvalue weighted by molar-refractivity contribution is -0.131. The highest BCUT2D eigenvalue weighted by atomic mass is 16.5. The number of likely N-dealkylation sites (tertiary alicyclic amines) is 1. The van der Waals surface area contributed by atoms with E-state index in [0.29, 0.717) is 19.6 Å². The van der Waals surface area contributed by atoms with Crippen LogP contribution in [0.1, 0.15) is 25.3 Å². The Labute approximate surface area is 136 Å². The minimum Gasteiger partial charge on any atom is -0.497 e. The maximum Gasteiger partial charge on any atom is 0.407 e. The molecule has 1 N–H and O–H groups in total. The van der Waals surface area contributed by atoms with Gasteiger partial charge in [0.25, 0.3) is 0 Å². The third-order valence-electron chi connectivity index (χ3n) is 3.86. The summed E-state index contributed by atoms with van der Waals surface area (Å²) in [6.07, 6.45) is 1.66. The highest BCUT2D eigenvalue weighted by molar-refractivity contribution is 5.79. The van der Waals surface area contributed by atoms with Crippen molar-refractivity contribution in [3.8, 4) is 5.75 Å². The predicted octanol–water partition coefficient (Wildman–Crippen LogP) is 1.97. The van der Waals surface area contributed by atoms with Gasteiger partial charge in [0.15, 0.2) is 0 Å². The number of ether oxygens (including phenoxy) is 2. The molecule has 1 heterocycles. The second-order valence-electron chi connectivity index (χ2n) is 5.57. The van der Waals surface area contributed by atoms with Crippen molar-refractivity contribution in [1.29, 1.82) is 0 Å². The summed E-state index contributed by atoms with van der Waals surface area (Å²) in [4.78, 5) is 25.8.